The highest BCUT2D eigenvalue weighted by molar-refractivity contribution is 7.90. The molecule has 5 nitrogen and oxygen atoms in total. The van der Waals surface area contributed by atoms with Crippen LogP contribution < -0.4 is 0 Å². The SMILES string of the molecule is C[C@@H]1CCN(C(=O)CCS(C)(=O)=O)[C@@H](c2ccco2)C1. The maximum Gasteiger partial charge on any atom is 0.224 e. The first-order chi connectivity index (χ1) is 9.37. The summed E-state index contributed by atoms with van der Waals surface area (Å²) in [7, 11) is -3.11. The molecular formula is C14H21NO4S. The second kappa shape index (κ2) is 5.99. The Kier molecular flexibility index (Phi) is 4.52. The smallest absolute Gasteiger partial charge is 0.224 e. The first kappa shape index (κ1) is 15.1. The van der Waals surface area contributed by atoms with E-state index in [1.165, 1.54) is 0 Å². The number of sulfone groups is 1. The lowest BCUT2D eigenvalue weighted by Crippen LogP contribution is -2.41. The van der Waals surface area contributed by atoms with Gasteiger partial charge in [0.15, 0.2) is 0 Å². The van der Waals surface area contributed by atoms with Crippen LogP contribution in [0.25, 0.3) is 0 Å². The van der Waals surface area contributed by atoms with Crippen molar-refractivity contribution in [2.24, 2.45) is 5.92 Å². The Morgan fingerprint density at radius 1 is 1.50 bits per heavy atom. The van der Waals surface area contributed by atoms with Crippen molar-refractivity contribution in [1.82, 2.24) is 4.90 Å². The van der Waals surface area contributed by atoms with Gasteiger partial charge in [0.2, 0.25) is 5.91 Å². The summed E-state index contributed by atoms with van der Waals surface area (Å²) in [6.07, 6.45) is 4.61. The number of carbonyl (C=O) groups excluding carboxylic acids is 1. The van der Waals surface area contributed by atoms with Crippen LogP contribution in [0.3, 0.4) is 0 Å². The van der Waals surface area contributed by atoms with Crippen molar-refractivity contribution < 1.29 is 17.6 Å². The highest BCUT2D eigenvalue weighted by Crippen LogP contribution is 2.34. The second-order valence-electron chi connectivity index (χ2n) is 5.63. The molecule has 0 aliphatic carbocycles. The van der Waals surface area contributed by atoms with Gasteiger partial charge in [-0.2, -0.15) is 0 Å². The molecule has 0 spiro atoms. The number of nitrogens with zero attached hydrogens (tertiary/aromatic N) is 1. The zero-order valence-electron chi connectivity index (χ0n) is 11.9. The van der Waals surface area contributed by atoms with Crippen LogP contribution in [-0.4, -0.2) is 37.8 Å². The zero-order valence-corrected chi connectivity index (χ0v) is 12.7. The summed E-state index contributed by atoms with van der Waals surface area (Å²) in [5.74, 6) is 1.11. The van der Waals surface area contributed by atoms with Crippen LogP contribution in [0.4, 0.5) is 0 Å². The van der Waals surface area contributed by atoms with E-state index < -0.39 is 9.84 Å². The molecule has 1 fully saturated rings. The minimum Gasteiger partial charge on any atom is -0.467 e. The molecule has 0 bridgehead atoms. The molecule has 0 saturated carbocycles. The van der Waals surface area contributed by atoms with Crippen LogP contribution in [-0.2, 0) is 14.6 Å². The van der Waals surface area contributed by atoms with Gasteiger partial charge in [-0.25, -0.2) is 8.42 Å². The molecule has 1 saturated heterocycles. The van der Waals surface area contributed by atoms with Crippen molar-refractivity contribution in [1.29, 1.82) is 0 Å². The van der Waals surface area contributed by atoms with Gasteiger partial charge in [0.1, 0.15) is 15.6 Å². The van der Waals surface area contributed by atoms with E-state index in [9.17, 15) is 13.2 Å². The average molecular weight is 299 g/mol. The monoisotopic (exact) mass is 299 g/mol. The normalized spacial score (nSPS) is 23.8. The topological polar surface area (TPSA) is 67.6 Å². The molecule has 2 atom stereocenters. The van der Waals surface area contributed by atoms with E-state index in [-0.39, 0.29) is 24.1 Å². The highest BCUT2D eigenvalue weighted by atomic mass is 32.2. The van der Waals surface area contributed by atoms with Gasteiger partial charge in [-0.3, -0.25) is 4.79 Å². The lowest BCUT2D eigenvalue weighted by Gasteiger charge is -2.37. The zero-order chi connectivity index (χ0) is 14.8. The second-order valence-corrected chi connectivity index (χ2v) is 7.89. The van der Waals surface area contributed by atoms with Crippen LogP contribution in [0, 0.1) is 5.92 Å². The number of amides is 1. The summed E-state index contributed by atoms with van der Waals surface area (Å²) >= 11 is 0. The maximum absolute atomic E-state index is 12.3. The number of hydrogen-bond donors (Lipinski definition) is 0. The number of carbonyl (C=O) groups is 1. The molecule has 1 aliphatic rings. The van der Waals surface area contributed by atoms with Crippen LogP contribution in [0.5, 0.6) is 0 Å². The summed E-state index contributed by atoms with van der Waals surface area (Å²) in [6, 6.07) is 3.62. The average Bonchev–Trinajstić information content (AvgIpc) is 2.88. The fourth-order valence-corrected chi connectivity index (χ4v) is 3.15. The predicted octanol–water partition coefficient (Wildman–Crippen LogP) is 2.01. The third-order valence-electron chi connectivity index (χ3n) is 3.74. The molecule has 1 aromatic heterocycles. The minimum absolute atomic E-state index is 0.0461. The van der Waals surface area contributed by atoms with Gasteiger partial charge in [-0.15, -0.1) is 0 Å². The van der Waals surface area contributed by atoms with E-state index in [1.807, 2.05) is 12.1 Å². The molecule has 1 aliphatic heterocycles. The Bertz CT molecular complexity index is 550. The van der Waals surface area contributed by atoms with E-state index >= 15 is 0 Å². The van der Waals surface area contributed by atoms with E-state index in [0.29, 0.717) is 12.5 Å². The number of furan rings is 1. The van der Waals surface area contributed by atoms with Gasteiger partial charge in [0, 0.05) is 19.2 Å². The third kappa shape index (κ3) is 3.85. The first-order valence-corrected chi connectivity index (χ1v) is 8.93. The van der Waals surface area contributed by atoms with Gasteiger partial charge >= 0.3 is 0 Å². The Morgan fingerprint density at radius 2 is 2.25 bits per heavy atom. The van der Waals surface area contributed by atoms with Crippen molar-refractivity contribution in [2.45, 2.75) is 32.2 Å². The molecule has 6 heteroatoms. The first-order valence-electron chi connectivity index (χ1n) is 6.87. The van der Waals surface area contributed by atoms with E-state index in [1.54, 1.807) is 11.2 Å². The van der Waals surface area contributed by atoms with E-state index in [4.69, 9.17) is 4.42 Å². The largest absolute Gasteiger partial charge is 0.467 e. The minimum atomic E-state index is -3.11. The van der Waals surface area contributed by atoms with Crippen molar-refractivity contribution in [3.8, 4) is 0 Å². The molecule has 0 aromatic carbocycles. The molecule has 1 amide bonds. The predicted molar refractivity (Wildman–Crippen MR) is 75.9 cm³/mol. The van der Waals surface area contributed by atoms with Crippen LogP contribution in [0.2, 0.25) is 0 Å². The van der Waals surface area contributed by atoms with Crippen LogP contribution in [0.15, 0.2) is 22.8 Å². The summed E-state index contributed by atoms with van der Waals surface area (Å²) < 4.78 is 27.8. The molecule has 2 rings (SSSR count). The van der Waals surface area contributed by atoms with Gasteiger partial charge in [-0.1, -0.05) is 6.92 Å². The lowest BCUT2D eigenvalue weighted by atomic mass is 9.91. The van der Waals surface area contributed by atoms with Gasteiger partial charge in [-0.05, 0) is 30.9 Å². The Labute approximate surface area is 119 Å². The Hall–Kier alpha value is -1.30. The molecule has 112 valence electrons. The highest BCUT2D eigenvalue weighted by Gasteiger charge is 2.32. The summed E-state index contributed by atoms with van der Waals surface area (Å²) in [4.78, 5) is 14.0. The maximum atomic E-state index is 12.3. The summed E-state index contributed by atoms with van der Waals surface area (Å²) in [5, 5.41) is 0. The molecule has 0 unspecified atom stereocenters. The lowest BCUT2D eigenvalue weighted by molar-refractivity contribution is -0.135. The number of rotatable bonds is 4. The van der Waals surface area contributed by atoms with Gasteiger partial charge in [0.05, 0.1) is 18.1 Å². The van der Waals surface area contributed by atoms with E-state index in [2.05, 4.69) is 6.92 Å². The van der Waals surface area contributed by atoms with Crippen molar-refractivity contribution in [3.05, 3.63) is 24.2 Å². The fourth-order valence-electron chi connectivity index (χ4n) is 2.61. The quantitative estimate of drug-likeness (QED) is 0.853. The van der Waals surface area contributed by atoms with Crippen molar-refractivity contribution in [2.75, 3.05) is 18.6 Å². The molecule has 20 heavy (non-hydrogen) atoms. The van der Waals surface area contributed by atoms with Crippen molar-refractivity contribution in [3.63, 3.8) is 0 Å². The Balaban J connectivity index is 2.09. The third-order valence-corrected chi connectivity index (χ3v) is 4.69. The molecular weight excluding hydrogens is 278 g/mol. The van der Waals surface area contributed by atoms with Gasteiger partial charge < -0.3 is 9.32 Å². The number of likely N-dealkylation sites (tertiary alicyclic amines) is 1. The van der Waals surface area contributed by atoms with Crippen LogP contribution in [0.1, 0.15) is 38.0 Å². The standard InChI is InChI=1S/C14H21NO4S/c1-11-5-7-15(14(16)6-9-20(2,17)18)12(10-11)13-4-3-8-19-13/h3-4,8,11-12H,5-7,9-10H2,1-2H3/t11-,12-/m1/s1. The molecule has 0 N–H and O–H groups in total. The van der Waals surface area contributed by atoms with Crippen molar-refractivity contribution >= 4 is 15.7 Å². The van der Waals surface area contributed by atoms with Gasteiger partial charge in [0.25, 0.3) is 0 Å². The molecule has 2 heterocycles. The number of hydrogen-bond acceptors (Lipinski definition) is 4. The summed E-state index contributed by atoms with van der Waals surface area (Å²) in [5.41, 5.74) is 0. The number of piperidine rings is 1. The molecule has 0 radical (unpaired) electrons. The fraction of sp³-hybridized carbons (Fsp3) is 0.643. The van der Waals surface area contributed by atoms with Crippen LogP contribution >= 0.6 is 0 Å². The van der Waals surface area contributed by atoms with E-state index in [0.717, 1.165) is 24.9 Å². The summed E-state index contributed by atoms with van der Waals surface area (Å²) in [6.45, 7) is 2.82. The molecule has 1 aromatic rings. The Morgan fingerprint density at radius 3 is 2.85 bits per heavy atom.